The molecule has 0 aliphatic carbocycles. The van der Waals surface area contributed by atoms with Crippen LogP contribution >= 0.6 is 0 Å². The van der Waals surface area contributed by atoms with Crippen LogP contribution in [0.3, 0.4) is 0 Å². The van der Waals surface area contributed by atoms with Gasteiger partial charge in [-0.1, -0.05) is 12.2 Å². The molecule has 2 heteroatoms. The summed E-state index contributed by atoms with van der Waals surface area (Å²) in [6.45, 7) is 0.831. The molecule has 8 heavy (non-hydrogen) atoms. The lowest BCUT2D eigenvalue weighted by atomic mass is 10.2. The van der Waals surface area contributed by atoms with Gasteiger partial charge in [-0.05, 0) is 0 Å². The summed E-state index contributed by atoms with van der Waals surface area (Å²) in [5.41, 5.74) is 0.705. The third kappa shape index (κ3) is 0.964. The van der Waals surface area contributed by atoms with E-state index in [1.54, 1.807) is 12.3 Å². The Morgan fingerprint density at radius 2 is 2.62 bits per heavy atom. The maximum absolute atomic E-state index is 10.0. The van der Waals surface area contributed by atoms with Crippen LogP contribution in [0.2, 0.25) is 0 Å². The van der Waals surface area contributed by atoms with Crippen LogP contribution in [0, 0.1) is 0 Å². The van der Waals surface area contributed by atoms with Crippen molar-refractivity contribution in [2.75, 3.05) is 6.54 Å². The van der Waals surface area contributed by atoms with Gasteiger partial charge in [-0.3, -0.25) is 4.79 Å². The van der Waals surface area contributed by atoms with Crippen LogP contribution in [-0.2, 0) is 4.79 Å². The van der Waals surface area contributed by atoms with E-state index in [4.69, 9.17) is 0 Å². The number of nitrogens with one attached hydrogen (secondary N) is 1. The SMILES string of the molecule is O=CC1=CNCC=C1. The van der Waals surface area contributed by atoms with E-state index in [2.05, 4.69) is 5.32 Å². The maximum Gasteiger partial charge on any atom is 0.151 e. The number of carbonyl (C=O) groups excluding carboxylic acids is 1. The minimum atomic E-state index is 0.705. The summed E-state index contributed by atoms with van der Waals surface area (Å²) in [4.78, 5) is 10.0. The van der Waals surface area contributed by atoms with Crippen molar-refractivity contribution in [3.63, 3.8) is 0 Å². The minimum Gasteiger partial charge on any atom is -0.387 e. The molecule has 0 amide bonds. The molecule has 0 atom stereocenters. The molecule has 0 radical (unpaired) electrons. The lowest BCUT2D eigenvalue weighted by Gasteiger charge is -2.00. The van der Waals surface area contributed by atoms with Crippen LogP contribution in [0.25, 0.3) is 0 Å². The number of hydrogen-bond acceptors (Lipinski definition) is 2. The van der Waals surface area contributed by atoms with Gasteiger partial charge in [-0.15, -0.1) is 0 Å². The van der Waals surface area contributed by atoms with Gasteiger partial charge < -0.3 is 5.32 Å². The van der Waals surface area contributed by atoms with Crippen molar-refractivity contribution in [2.24, 2.45) is 0 Å². The van der Waals surface area contributed by atoms with E-state index in [0.717, 1.165) is 12.8 Å². The average molecular weight is 109 g/mol. The second-order valence-electron chi connectivity index (χ2n) is 1.57. The van der Waals surface area contributed by atoms with Gasteiger partial charge in [-0.2, -0.15) is 0 Å². The van der Waals surface area contributed by atoms with Crippen LogP contribution in [0.4, 0.5) is 0 Å². The highest BCUT2D eigenvalue weighted by Crippen LogP contribution is 1.93. The van der Waals surface area contributed by atoms with E-state index >= 15 is 0 Å². The summed E-state index contributed by atoms with van der Waals surface area (Å²) in [7, 11) is 0. The molecule has 0 spiro atoms. The van der Waals surface area contributed by atoms with Gasteiger partial charge >= 0.3 is 0 Å². The monoisotopic (exact) mass is 109 g/mol. The lowest BCUT2D eigenvalue weighted by Crippen LogP contribution is -2.09. The smallest absolute Gasteiger partial charge is 0.151 e. The Kier molecular flexibility index (Phi) is 1.47. The van der Waals surface area contributed by atoms with Gasteiger partial charge in [0.05, 0.1) is 0 Å². The summed E-state index contributed by atoms with van der Waals surface area (Å²) in [6, 6.07) is 0. The van der Waals surface area contributed by atoms with Crippen LogP contribution < -0.4 is 5.32 Å². The predicted molar refractivity (Wildman–Crippen MR) is 31.3 cm³/mol. The largest absolute Gasteiger partial charge is 0.387 e. The summed E-state index contributed by atoms with van der Waals surface area (Å²) < 4.78 is 0. The first kappa shape index (κ1) is 5.09. The molecule has 0 aromatic carbocycles. The number of carbonyl (C=O) groups is 1. The molecule has 1 aliphatic heterocycles. The molecule has 0 saturated heterocycles. The number of allylic oxidation sites excluding steroid dienone is 2. The first-order valence-electron chi connectivity index (χ1n) is 2.49. The number of hydrogen-bond donors (Lipinski definition) is 1. The molecule has 1 aliphatic rings. The van der Waals surface area contributed by atoms with Gasteiger partial charge in [0.1, 0.15) is 0 Å². The second kappa shape index (κ2) is 2.31. The fraction of sp³-hybridized carbons (Fsp3) is 0.167. The van der Waals surface area contributed by atoms with Crippen LogP contribution in [0.1, 0.15) is 0 Å². The molecule has 1 heterocycles. The topological polar surface area (TPSA) is 29.1 Å². The first-order valence-corrected chi connectivity index (χ1v) is 2.49. The van der Waals surface area contributed by atoms with Crippen LogP contribution in [0.15, 0.2) is 23.9 Å². The summed E-state index contributed by atoms with van der Waals surface area (Å²) >= 11 is 0. The van der Waals surface area contributed by atoms with E-state index in [0.29, 0.717) is 5.57 Å². The Balaban J connectivity index is 2.64. The number of aldehydes is 1. The van der Waals surface area contributed by atoms with Crippen molar-refractivity contribution in [1.82, 2.24) is 5.32 Å². The van der Waals surface area contributed by atoms with E-state index < -0.39 is 0 Å². The lowest BCUT2D eigenvalue weighted by molar-refractivity contribution is -0.104. The Bertz CT molecular complexity index is 147. The molecule has 0 aromatic rings. The molecule has 0 bridgehead atoms. The highest BCUT2D eigenvalue weighted by molar-refractivity contribution is 5.77. The third-order valence-electron chi connectivity index (χ3n) is 0.951. The van der Waals surface area contributed by atoms with Gasteiger partial charge in [0.25, 0.3) is 0 Å². The van der Waals surface area contributed by atoms with Crippen molar-refractivity contribution in [2.45, 2.75) is 0 Å². The minimum absolute atomic E-state index is 0.705. The van der Waals surface area contributed by atoms with Crippen molar-refractivity contribution in [3.8, 4) is 0 Å². The van der Waals surface area contributed by atoms with Crippen molar-refractivity contribution < 1.29 is 4.79 Å². The summed E-state index contributed by atoms with van der Waals surface area (Å²) in [5.74, 6) is 0. The third-order valence-corrected chi connectivity index (χ3v) is 0.951. The Morgan fingerprint density at radius 3 is 3.00 bits per heavy atom. The van der Waals surface area contributed by atoms with Gasteiger partial charge in [0.15, 0.2) is 6.29 Å². The Labute approximate surface area is 47.9 Å². The fourth-order valence-electron chi connectivity index (χ4n) is 0.561. The van der Waals surface area contributed by atoms with E-state index in [1.165, 1.54) is 0 Å². The molecule has 0 saturated carbocycles. The van der Waals surface area contributed by atoms with Crippen molar-refractivity contribution in [1.29, 1.82) is 0 Å². The molecule has 2 nitrogen and oxygen atoms in total. The quantitative estimate of drug-likeness (QED) is 0.488. The van der Waals surface area contributed by atoms with Crippen molar-refractivity contribution >= 4 is 6.29 Å². The van der Waals surface area contributed by atoms with E-state index in [1.807, 2.05) is 6.08 Å². The number of rotatable bonds is 1. The molecule has 42 valence electrons. The zero-order chi connectivity index (χ0) is 5.82. The van der Waals surface area contributed by atoms with Crippen LogP contribution in [-0.4, -0.2) is 12.8 Å². The zero-order valence-corrected chi connectivity index (χ0v) is 4.42. The van der Waals surface area contributed by atoms with E-state index in [9.17, 15) is 4.79 Å². The Hall–Kier alpha value is -1.05. The summed E-state index contributed by atoms with van der Waals surface area (Å²) in [6.07, 6.45) is 6.23. The molecular formula is C6H7NO. The average Bonchev–Trinajstić information content (AvgIpc) is 1.90. The van der Waals surface area contributed by atoms with Gasteiger partial charge in [-0.25, -0.2) is 0 Å². The standard InChI is InChI=1S/C6H7NO/c8-5-6-2-1-3-7-4-6/h1-2,4-5,7H,3H2. The predicted octanol–water partition coefficient (Wildman–Crippen LogP) is 0.229. The van der Waals surface area contributed by atoms with Crippen molar-refractivity contribution in [3.05, 3.63) is 23.9 Å². The number of dihydropyridines is 1. The molecule has 0 unspecified atom stereocenters. The zero-order valence-electron chi connectivity index (χ0n) is 4.42. The molecule has 1 rings (SSSR count). The highest BCUT2D eigenvalue weighted by atomic mass is 16.1. The normalized spacial score (nSPS) is 16.8. The van der Waals surface area contributed by atoms with Gasteiger partial charge in [0, 0.05) is 18.3 Å². The molecule has 1 N–H and O–H groups in total. The maximum atomic E-state index is 10.0. The molecule has 0 aromatic heterocycles. The highest BCUT2D eigenvalue weighted by Gasteiger charge is 1.90. The summed E-state index contributed by atoms with van der Waals surface area (Å²) in [5, 5.41) is 2.91. The molecular weight excluding hydrogens is 102 g/mol. The molecule has 0 fully saturated rings. The Morgan fingerprint density at radius 1 is 1.75 bits per heavy atom. The second-order valence-corrected chi connectivity index (χ2v) is 1.57. The fourth-order valence-corrected chi connectivity index (χ4v) is 0.561. The van der Waals surface area contributed by atoms with Gasteiger partial charge in [0.2, 0.25) is 0 Å². The van der Waals surface area contributed by atoms with Crippen LogP contribution in [0.5, 0.6) is 0 Å². The first-order chi connectivity index (χ1) is 3.93. The van der Waals surface area contributed by atoms with E-state index in [-0.39, 0.29) is 0 Å².